The number of ether oxygens (including phenoxy) is 1. The zero-order valence-corrected chi connectivity index (χ0v) is 9.56. The molecule has 0 heterocycles. The molecule has 0 aliphatic carbocycles. The average molecular weight is 231 g/mol. The second kappa shape index (κ2) is 4.97. The van der Waals surface area contributed by atoms with Gasteiger partial charge in [-0.25, -0.2) is 4.39 Å². The summed E-state index contributed by atoms with van der Waals surface area (Å²) >= 11 is 0. The molecule has 88 valence electrons. The van der Waals surface area contributed by atoms with Crippen molar-refractivity contribution in [2.75, 3.05) is 7.11 Å². The van der Waals surface area contributed by atoms with Crippen LogP contribution in [-0.2, 0) is 0 Å². The third-order valence-corrected chi connectivity index (χ3v) is 2.68. The average Bonchev–Trinajstić information content (AvgIpc) is 2.38. The number of methoxy groups -OCH3 is 1. The molecule has 2 nitrogen and oxygen atoms in total. The Morgan fingerprint density at radius 2 is 1.76 bits per heavy atom. The fourth-order valence-electron chi connectivity index (χ4n) is 1.70. The zero-order chi connectivity index (χ0) is 12.3. The van der Waals surface area contributed by atoms with Crippen molar-refractivity contribution < 1.29 is 9.13 Å². The van der Waals surface area contributed by atoms with Gasteiger partial charge >= 0.3 is 0 Å². The summed E-state index contributed by atoms with van der Waals surface area (Å²) in [6.07, 6.45) is 0. The highest BCUT2D eigenvalue weighted by atomic mass is 19.1. The van der Waals surface area contributed by atoms with Gasteiger partial charge in [-0.15, -0.1) is 0 Å². The Hall–Kier alpha value is -1.87. The van der Waals surface area contributed by atoms with Crippen molar-refractivity contribution in [1.29, 1.82) is 0 Å². The van der Waals surface area contributed by atoms with Gasteiger partial charge in [0, 0.05) is 0 Å². The molecule has 1 atom stereocenters. The van der Waals surface area contributed by atoms with Crippen LogP contribution in [0.3, 0.4) is 0 Å². The minimum absolute atomic E-state index is 0.272. The van der Waals surface area contributed by atoms with Gasteiger partial charge in [0.05, 0.1) is 13.2 Å². The summed E-state index contributed by atoms with van der Waals surface area (Å²) in [6, 6.07) is 13.5. The first-order valence-electron chi connectivity index (χ1n) is 5.35. The second-order valence-electron chi connectivity index (χ2n) is 3.81. The Bertz CT molecular complexity index is 496. The van der Waals surface area contributed by atoms with Crippen molar-refractivity contribution in [1.82, 2.24) is 0 Å². The molecule has 2 N–H and O–H groups in total. The van der Waals surface area contributed by atoms with E-state index in [9.17, 15) is 4.39 Å². The molecule has 2 rings (SSSR count). The van der Waals surface area contributed by atoms with E-state index in [4.69, 9.17) is 10.5 Å². The second-order valence-corrected chi connectivity index (χ2v) is 3.81. The third-order valence-electron chi connectivity index (χ3n) is 2.68. The summed E-state index contributed by atoms with van der Waals surface area (Å²) in [6.45, 7) is 0. The van der Waals surface area contributed by atoms with Gasteiger partial charge in [0.25, 0.3) is 0 Å². The fraction of sp³-hybridized carbons (Fsp3) is 0.143. The maximum Gasteiger partial charge on any atom is 0.123 e. The predicted molar refractivity (Wildman–Crippen MR) is 65.4 cm³/mol. The quantitative estimate of drug-likeness (QED) is 0.881. The first-order valence-corrected chi connectivity index (χ1v) is 5.35. The molecule has 2 aromatic rings. The first-order chi connectivity index (χ1) is 8.20. The van der Waals surface area contributed by atoms with Crippen LogP contribution in [-0.4, -0.2) is 7.11 Å². The summed E-state index contributed by atoms with van der Waals surface area (Å²) in [4.78, 5) is 0. The van der Waals surface area contributed by atoms with Crippen LogP contribution in [0.4, 0.5) is 4.39 Å². The lowest BCUT2D eigenvalue weighted by Gasteiger charge is -2.13. The van der Waals surface area contributed by atoms with Gasteiger partial charge in [-0.2, -0.15) is 0 Å². The number of hydrogen-bond donors (Lipinski definition) is 1. The van der Waals surface area contributed by atoms with Gasteiger partial charge in [-0.05, 0) is 35.4 Å². The molecule has 17 heavy (non-hydrogen) atoms. The van der Waals surface area contributed by atoms with E-state index in [1.807, 2.05) is 30.3 Å². The van der Waals surface area contributed by atoms with Crippen molar-refractivity contribution in [2.45, 2.75) is 6.04 Å². The SMILES string of the molecule is COc1ccc(C(N)c2cccc(F)c2)cc1. The molecule has 0 saturated carbocycles. The Morgan fingerprint density at radius 1 is 1.06 bits per heavy atom. The molecule has 0 spiro atoms. The predicted octanol–water partition coefficient (Wildman–Crippen LogP) is 2.88. The lowest BCUT2D eigenvalue weighted by molar-refractivity contribution is 0.414. The lowest BCUT2D eigenvalue weighted by atomic mass is 9.99. The summed E-state index contributed by atoms with van der Waals surface area (Å²) in [5.74, 6) is 0.506. The molecular weight excluding hydrogens is 217 g/mol. The summed E-state index contributed by atoms with van der Waals surface area (Å²) in [7, 11) is 1.61. The van der Waals surface area contributed by atoms with Crippen molar-refractivity contribution >= 4 is 0 Å². The van der Waals surface area contributed by atoms with Gasteiger partial charge < -0.3 is 10.5 Å². The van der Waals surface area contributed by atoms with Crippen LogP contribution in [0.1, 0.15) is 17.2 Å². The highest BCUT2D eigenvalue weighted by molar-refractivity contribution is 5.35. The first kappa shape index (κ1) is 11.6. The number of benzene rings is 2. The van der Waals surface area contributed by atoms with Gasteiger partial charge in [0.1, 0.15) is 11.6 Å². The van der Waals surface area contributed by atoms with Crippen LogP contribution in [0.15, 0.2) is 48.5 Å². The van der Waals surface area contributed by atoms with Crippen LogP contribution in [0.25, 0.3) is 0 Å². The van der Waals surface area contributed by atoms with E-state index < -0.39 is 0 Å². The van der Waals surface area contributed by atoms with Crippen molar-refractivity contribution in [3.05, 3.63) is 65.5 Å². The maximum atomic E-state index is 13.1. The molecule has 0 aliphatic heterocycles. The molecule has 0 aromatic heterocycles. The minimum atomic E-state index is -0.323. The molecule has 0 aliphatic rings. The normalized spacial score (nSPS) is 12.2. The highest BCUT2D eigenvalue weighted by Crippen LogP contribution is 2.22. The Labute approximate surface area is 99.8 Å². The van der Waals surface area contributed by atoms with Crippen molar-refractivity contribution in [2.24, 2.45) is 5.73 Å². The highest BCUT2D eigenvalue weighted by Gasteiger charge is 2.09. The Kier molecular flexibility index (Phi) is 3.40. The number of halogens is 1. The van der Waals surface area contributed by atoms with Crippen LogP contribution in [0.5, 0.6) is 5.75 Å². The monoisotopic (exact) mass is 231 g/mol. The molecule has 0 fully saturated rings. The minimum Gasteiger partial charge on any atom is -0.497 e. The van der Waals surface area contributed by atoms with Gasteiger partial charge in [0.2, 0.25) is 0 Å². The van der Waals surface area contributed by atoms with Crippen LogP contribution in [0.2, 0.25) is 0 Å². The molecule has 0 saturated heterocycles. The van der Waals surface area contributed by atoms with Crippen molar-refractivity contribution in [3.63, 3.8) is 0 Å². The van der Waals surface area contributed by atoms with Crippen LogP contribution < -0.4 is 10.5 Å². The van der Waals surface area contributed by atoms with E-state index in [1.54, 1.807) is 13.2 Å². The molecule has 1 unspecified atom stereocenters. The standard InChI is InChI=1S/C14H14FNO/c1-17-13-7-5-10(6-8-13)14(16)11-3-2-4-12(15)9-11/h2-9,14H,16H2,1H3. The third kappa shape index (κ3) is 2.63. The van der Waals surface area contributed by atoms with E-state index >= 15 is 0 Å². The van der Waals surface area contributed by atoms with Crippen LogP contribution in [0, 0.1) is 5.82 Å². The number of rotatable bonds is 3. The molecular formula is C14H14FNO. The van der Waals surface area contributed by atoms with E-state index in [0.29, 0.717) is 0 Å². The maximum absolute atomic E-state index is 13.1. The van der Waals surface area contributed by atoms with Crippen LogP contribution >= 0.6 is 0 Å². The molecule has 2 aromatic carbocycles. The topological polar surface area (TPSA) is 35.2 Å². The Morgan fingerprint density at radius 3 is 2.35 bits per heavy atom. The van der Waals surface area contributed by atoms with Crippen molar-refractivity contribution in [3.8, 4) is 5.75 Å². The molecule has 3 heteroatoms. The summed E-state index contributed by atoms with van der Waals surface area (Å²) in [5, 5.41) is 0. The summed E-state index contributed by atoms with van der Waals surface area (Å²) < 4.78 is 18.2. The smallest absolute Gasteiger partial charge is 0.123 e. The number of hydrogen-bond acceptors (Lipinski definition) is 2. The number of nitrogens with two attached hydrogens (primary N) is 1. The van der Waals surface area contributed by atoms with Gasteiger partial charge in [-0.1, -0.05) is 24.3 Å². The molecule has 0 radical (unpaired) electrons. The zero-order valence-electron chi connectivity index (χ0n) is 9.56. The largest absolute Gasteiger partial charge is 0.497 e. The molecule has 0 amide bonds. The van der Waals surface area contributed by atoms with Gasteiger partial charge in [-0.3, -0.25) is 0 Å². The Balaban J connectivity index is 2.27. The molecule has 0 bridgehead atoms. The van der Waals surface area contributed by atoms with E-state index in [1.165, 1.54) is 12.1 Å². The van der Waals surface area contributed by atoms with E-state index in [0.717, 1.165) is 16.9 Å². The van der Waals surface area contributed by atoms with E-state index in [-0.39, 0.29) is 11.9 Å². The lowest BCUT2D eigenvalue weighted by Crippen LogP contribution is -2.11. The fourth-order valence-corrected chi connectivity index (χ4v) is 1.70. The summed E-state index contributed by atoms with van der Waals surface area (Å²) in [5.41, 5.74) is 7.76. The van der Waals surface area contributed by atoms with Gasteiger partial charge in [0.15, 0.2) is 0 Å². The van der Waals surface area contributed by atoms with E-state index in [2.05, 4.69) is 0 Å².